The largest absolute Gasteiger partial charge is 0.438 e. The number of fused-ring (bicyclic) bond motifs is 1. The molecular weight excluding hydrogens is 597 g/mol. The molecule has 1 amide bonds. The molecule has 10 nitrogen and oxygen atoms in total. The number of pyridine rings is 1. The van der Waals surface area contributed by atoms with E-state index in [9.17, 15) is 18.0 Å². The Morgan fingerprint density at radius 2 is 1.87 bits per heavy atom. The monoisotopic (exact) mass is 632 g/mol. The summed E-state index contributed by atoms with van der Waals surface area (Å²) < 4.78 is 50.2. The molecule has 0 radical (unpaired) electrons. The summed E-state index contributed by atoms with van der Waals surface area (Å²) in [4.78, 5) is 30.8. The fourth-order valence-electron chi connectivity index (χ4n) is 4.94. The Bertz CT molecular complexity index is 1800. The van der Waals surface area contributed by atoms with Gasteiger partial charge in [0.15, 0.2) is 11.5 Å². The Labute approximate surface area is 264 Å². The molecule has 0 bridgehead atoms. The molecule has 1 N–H and O–H groups in total. The molecule has 1 fully saturated rings. The van der Waals surface area contributed by atoms with Gasteiger partial charge >= 0.3 is 6.18 Å². The van der Waals surface area contributed by atoms with Crippen molar-refractivity contribution in [2.24, 2.45) is 7.05 Å². The zero-order chi connectivity index (χ0) is 33.0. The van der Waals surface area contributed by atoms with Gasteiger partial charge in [-0.1, -0.05) is 18.7 Å². The smallest absolute Gasteiger partial charge is 0.416 e. The van der Waals surface area contributed by atoms with Crippen LogP contribution in [0.15, 0.2) is 84.6 Å². The van der Waals surface area contributed by atoms with Crippen LogP contribution in [0.2, 0.25) is 0 Å². The second-order valence-electron chi connectivity index (χ2n) is 11.3. The fraction of sp³-hybridized carbons (Fsp3) is 0.303. The summed E-state index contributed by atoms with van der Waals surface area (Å²) >= 11 is 0. The maximum atomic E-state index is 14.1. The minimum atomic E-state index is -4.59. The van der Waals surface area contributed by atoms with E-state index in [-0.39, 0.29) is 29.2 Å². The first-order valence-electron chi connectivity index (χ1n) is 14.6. The highest BCUT2D eigenvalue weighted by atomic mass is 19.4. The van der Waals surface area contributed by atoms with Crippen LogP contribution in [-0.4, -0.2) is 73.7 Å². The molecule has 0 saturated carbocycles. The summed E-state index contributed by atoms with van der Waals surface area (Å²) in [7, 11) is 3.74. The Balaban J connectivity index is 1.40. The van der Waals surface area contributed by atoms with Crippen LogP contribution in [0.4, 0.5) is 18.9 Å². The van der Waals surface area contributed by atoms with Crippen LogP contribution in [0.1, 0.15) is 25.0 Å². The Morgan fingerprint density at radius 1 is 1.11 bits per heavy atom. The zero-order valence-corrected chi connectivity index (χ0v) is 26.1. The number of aryl methyl sites for hydroxylation is 1. The number of aromatic nitrogens is 5. The van der Waals surface area contributed by atoms with E-state index in [1.165, 1.54) is 24.3 Å². The number of carbonyl (C=O) groups is 1. The van der Waals surface area contributed by atoms with E-state index in [2.05, 4.69) is 36.8 Å². The third kappa shape index (κ3) is 7.66. The zero-order valence-electron chi connectivity index (χ0n) is 26.1. The summed E-state index contributed by atoms with van der Waals surface area (Å²) in [5.41, 5.74) is 1.24. The molecule has 240 valence electrons. The van der Waals surface area contributed by atoms with Gasteiger partial charge in [0.2, 0.25) is 5.88 Å². The summed E-state index contributed by atoms with van der Waals surface area (Å²) in [5, 5.41) is 7.53. The van der Waals surface area contributed by atoms with E-state index in [1.807, 2.05) is 18.0 Å². The molecular formula is C33H35F3N8O2. The summed E-state index contributed by atoms with van der Waals surface area (Å²) in [5.74, 6) is 0.204. The second kappa shape index (κ2) is 13.6. The molecule has 1 aromatic carbocycles. The number of alkyl halides is 3. The number of rotatable bonds is 9. The van der Waals surface area contributed by atoms with Gasteiger partial charge in [-0.3, -0.25) is 19.4 Å². The highest BCUT2D eigenvalue weighted by Gasteiger charge is 2.34. The van der Waals surface area contributed by atoms with Gasteiger partial charge in [0, 0.05) is 75.2 Å². The number of piperazine rings is 1. The van der Waals surface area contributed by atoms with E-state index in [1.54, 1.807) is 50.2 Å². The van der Waals surface area contributed by atoms with Gasteiger partial charge in [0.1, 0.15) is 11.1 Å². The summed E-state index contributed by atoms with van der Waals surface area (Å²) in [6, 6.07) is 7.46. The lowest BCUT2D eigenvalue weighted by atomic mass is 10.0. The number of ether oxygens (including phenoxy) is 1. The average Bonchev–Trinajstić information content (AvgIpc) is 3.41. The summed E-state index contributed by atoms with van der Waals surface area (Å²) in [6.45, 7) is 10.5. The van der Waals surface area contributed by atoms with Gasteiger partial charge in [-0.25, -0.2) is 4.98 Å². The van der Waals surface area contributed by atoms with Gasteiger partial charge < -0.3 is 15.0 Å². The second-order valence-corrected chi connectivity index (χ2v) is 11.3. The first-order chi connectivity index (χ1) is 21.9. The molecule has 0 atom stereocenters. The van der Waals surface area contributed by atoms with E-state index < -0.39 is 17.6 Å². The van der Waals surface area contributed by atoms with Crippen molar-refractivity contribution in [2.45, 2.75) is 26.6 Å². The quantitative estimate of drug-likeness (QED) is 0.144. The van der Waals surface area contributed by atoms with Crippen molar-refractivity contribution in [3.8, 4) is 17.3 Å². The molecule has 13 heteroatoms. The first kappa shape index (κ1) is 32.5. The van der Waals surface area contributed by atoms with E-state index >= 15 is 0 Å². The highest BCUT2D eigenvalue weighted by molar-refractivity contribution is 6.06. The molecule has 5 rings (SSSR count). The number of hydrogen-bond acceptors (Lipinski definition) is 8. The molecule has 1 aliphatic rings. The van der Waals surface area contributed by atoms with Crippen molar-refractivity contribution < 1.29 is 22.7 Å². The number of nitrogens with one attached hydrogen (secondary N) is 1. The van der Waals surface area contributed by atoms with Gasteiger partial charge in [0.05, 0.1) is 5.56 Å². The molecule has 0 unspecified atom stereocenters. The SMILES string of the molecule is C=C/C(=C\C(Oc1nc(-c2cccnc2)nc2nn(C)cc12)=C(C)C)C(=O)Nc1ccc(CN2CCN(C)CC2)c(C(F)(F)F)c1. The molecule has 4 aromatic rings. The minimum Gasteiger partial charge on any atom is -0.438 e. The van der Waals surface area contributed by atoms with Crippen LogP contribution < -0.4 is 10.1 Å². The van der Waals surface area contributed by atoms with Crippen LogP contribution in [-0.2, 0) is 24.6 Å². The van der Waals surface area contributed by atoms with Crippen LogP contribution in [0.5, 0.6) is 5.88 Å². The predicted molar refractivity (Wildman–Crippen MR) is 170 cm³/mol. The molecule has 3 aromatic heterocycles. The number of benzene rings is 1. The minimum absolute atomic E-state index is 0.0147. The van der Waals surface area contributed by atoms with E-state index in [0.29, 0.717) is 46.8 Å². The van der Waals surface area contributed by atoms with Crippen molar-refractivity contribution in [3.05, 3.63) is 95.7 Å². The lowest BCUT2D eigenvalue weighted by molar-refractivity contribution is -0.138. The van der Waals surface area contributed by atoms with Gasteiger partial charge in [0.25, 0.3) is 5.91 Å². The van der Waals surface area contributed by atoms with Crippen LogP contribution >= 0.6 is 0 Å². The van der Waals surface area contributed by atoms with E-state index in [4.69, 9.17) is 4.74 Å². The molecule has 4 heterocycles. The third-order valence-corrected chi connectivity index (χ3v) is 7.51. The van der Waals surface area contributed by atoms with Crippen LogP contribution in [0.3, 0.4) is 0 Å². The number of halogens is 3. The number of amides is 1. The number of anilines is 1. The van der Waals surface area contributed by atoms with Crippen LogP contribution in [0.25, 0.3) is 22.4 Å². The lowest BCUT2D eigenvalue weighted by Gasteiger charge is -2.33. The van der Waals surface area contributed by atoms with Crippen molar-refractivity contribution in [1.29, 1.82) is 0 Å². The molecule has 1 saturated heterocycles. The normalized spacial score (nSPS) is 14.7. The van der Waals surface area contributed by atoms with Crippen molar-refractivity contribution >= 4 is 22.6 Å². The maximum Gasteiger partial charge on any atom is 0.416 e. The lowest BCUT2D eigenvalue weighted by Crippen LogP contribution is -2.44. The molecule has 46 heavy (non-hydrogen) atoms. The number of nitrogens with zero attached hydrogens (tertiary/aromatic N) is 7. The number of carbonyl (C=O) groups excluding carboxylic acids is 1. The first-order valence-corrected chi connectivity index (χ1v) is 14.6. The Hall–Kier alpha value is -4.88. The maximum absolute atomic E-state index is 14.1. The third-order valence-electron chi connectivity index (χ3n) is 7.51. The number of allylic oxidation sites excluding steroid dienone is 2. The van der Waals surface area contributed by atoms with Crippen molar-refractivity contribution in [2.75, 3.05) is 38.5 Å². The predicted octanol–water partition coefficient (Wildman–Crippen LogP) is 5.62. The molecule has 1 aliphatic heterocycles. The van der Waals surface area contributed by atoms with Gasteiger partial charge in [-0.15, -0.1) is 0 Å². The molecule has 0 aliphatic carbocycles. The van der Waals surface area contributed by atoms with Crippen LogP contribution in [0, 0.1) is 0 Å². The Kier molecular flexibility index (Phi) is 9.63. The standard InChI is InChI=1S/C33H35F3N8O2/c1-6-22(31(45)38-25-10-9-24(27(17-25)33(34,35)36)19-44-14-12-42(4)13-15-44)16-28(21(2)3)46-32-26-20-43(5)41-30(26)39-29(40-32)23-8-7-11-37-18-23/h6-11,16-18,20H,1,12-15,19H2,2-5H3,(H,38,45)/b22-16+. The molecule has 0 spiro atoms. The van der Waals surface area contributed by atoms with Gasteiger partial charge in [-0.2, -0.15) is 23.3 Å². The average molecular weight is 633 g/mol. The van der Waals surface area contributed by atoms with E-state index in [0.717, 1.165) is 19.2 Å². The Morgan fingerprint density at radius 3 is 2.52 bits per heavy atom. The topological polar surface area (TPSA) is 101 Å². The van der Waals surface area contributed by atoms with Gasteiger partial charge in [-0.05, 0) is 62.4 Å². The fourth-order valence-corrected chi connectivity index (χ4v) is 4.94. The summed E-state index contributed by atoms with van der Waals surface area (Å²) in [6.07, 6.45) is 3.18. The number of hydrogen-bond donors (Lipinski definition) is 1. The highest BCUT2D eigenvalue weighted by Crippen LogP contribution is 2.35. The van der Waals surface area contributed by atoms with Crippen molar-refractivity contribution in [1.82, 2.24) is 34.5 Å². The van der Waals surface area contributed by atoms with Crippen molar-refractivity contribution in [3.63, 3.8) is 0 Å². The number of likely N-dealkylation sites (N-methyl/N-ethyl adjacent to an activating group) is 1.